The van der Waals surface area contributed by atoms with E-state index in [9.17, 15) is 0 Å². The molecule has 0 aliphatic heterocycles. The number of allylic oxidation sites excluding steroid dienone is 3. The molecule has 80 valence electrons. The summed E-state index contributed by atoms with van der Waals surface area (Å²) < 4.78 is 1.97. The van der Waals surface area contributed by atoms with Crippen LogP contribution in [0.4, 0.5) is 0 Å². The Morgan fingerprint density at radius 1 is 1.29 bits per heavy atom. The molecule has 1 heterocycles. The monoisotopic (exact) mass is 306 g/mol. The van der Waals surface area contributed by atoms with Crippen LogP contribution in [-0.4, -0.2) is 9.55 Å². The highest BCUT2D eigenvalue weighted by molar-refractivity contribution is 14.0. The maximum absolute atomic E-state index is 4.13. The molecule has 2 nitrogen and oxygen atoms in total. The summed E-state index contributed by atoms with van der Waals surface area (Å²) in [6, 6.07) is 0. The van der Waals surface area contributed by atoms with Crippen LogP contribution in [0.3, 0.4) is 0 Å². The van der Waals surface area contributed by atoms with Gasteiger partial charge in [-0.1, -0.05) is 32.1 Å². The van der Waals surface area contributed by atoms with Crippen LogP contribution in [0.2, 0.25) is 0 Å². The predicted molar refractivity (Wildman–Crippen MR) is 73.8 cm³/mol. The van der Waals surface area contributed by atoms with E-state index < -0.39 is 0 Å². The fourth-order valence-corrected chi connectivity index (χ4v) is 0.790. The summed E-state index contributed by atoms with van der Waals surface area (Å²) in [4.78, 5) is 4.13. The maximum Gasteiger partial charge on any atom is 0.132 e. The maximum atomic E-state index is 4.13. The average Bonchev–Trinajstić information content (AvgIpc) is 2.56. The van der Waals surface area contributed by atoms with Crippen molar-refractivity contribution >= 4 is 30.1 Å². The predicted octanol–water partition coefficient (Wildman–Crippen LogP) is 3.65. The highest BCUT2D eigenvalue weighted by atomic mass is 127. The van der Waals surface area contributed by atoms with E-state index in [1.54, 1.807) is 6.20 Å². The first-order valence-electron chi connectivity index (χ1n) is 4.61. The van der Waals surface area contributed by atoms with Gasteiger partial charge in [-0.15, -0.1) is 24.0 Å². The first-order chi connectivity index (χ1) is 6.34. The molecule has 3 heteroatoms. The number of aromatic nitrogens is 2. The Bertz CT molecular complexity index is 275. The molecule has 0 aliphatic carbocycles. The minimum absolute atomic E-state index is 0. The number of imidazole rings is 1. The van der Waals surface area contributed by atoms with Crippen LogP contribution in [0.5, 0.6) is 0 Å². The van der Waals surface area contributed by atoms with Crippen LogP contribution < -0.4 is 0 Å². The average molecular weight is 306 g/mol. The van der Waals surface area contributed by atoms with E-state index in [-0.39, 0.29) is 24.0 Å². The normalized spacial score (nSPS) is 9.71. The third-order valence-corrected chi connectivity index (χ3v) is 1.41. The number of hydrogen-bond acceptors (Lipinski definition) is 1. The molecule has 0 aliphatic rings. The van der Waals surface area contributed by atoms with Crippen LogP contribution in [0.25, 0.3) is 6.08 Å². The smallest absolute Gasteiger partial charge is 0.132 e. The van der Waals surface area contributed by atoms with Crippen LogP contribution in [-0.2, 0) is 7.05 Å². The van der Waals surface area contributed by atoms with Gasteiger partial charge in [-0.25, -0.2) is 4.98 Å². The van der Waals surface area contributed by atoms with Crippen molar-refractivity contribution in [1.82, 2.24) is 9.55 Å². The van der Waals surface area contributed by atoms with Gasteiger partial charge in [0.15, 0.2) is 0 Å². The highest BCUT2D eigenvalue weighted by Gasteiger charge is 1.89. The molecule has 0 fully saturated rings. The highest BCUT2D eigenvalue weighted by Crippen LogP contribution is 1.96. The Labute approximate surface area is 104 Å². The second-order valence-corrected chi connectivity index (χ2v) is 2.28. The molecular formula is C11H19IN2. The molecule has 14 heavy (non-hydrogen) atoms. The van der Waals surface area contributed by atoms with Crippen molar-refractivity contribution in [3.05, 3.63) is 36.4 Å². The SMILES string of the molecule is C/C=C\C=C/c1nccn1C.CC.I. The molecule has 0 spiro atoms. The van der Waals surface area contributed by atoms with Crippen molar-refractivity contribution in [2.45, 2.75) is 20.8 Å². The van der Waals surface area contributed by atoms with E-state index >= 15 is 0 Å². The van der Waals surface area contributed by atoms with Gasteiger partial charge in [0.05, 0.1) is 0 Å². The number of halogens is 1. The Kier molecular flexibility index (Phi) is 11.9. The standard InChI is InChI=1S/C9H12N2.C2H6.HI/c1-3-4-5-6-9-10-7-8-11(9)2;1-2;/h3-8H,1-2H3;1-2H3;1H/b4-3-,6-5-;;. The van der Waals surface area contributed by atoms with Crippen molar-refractivity contribution in [2.24, 2.45) is 7.05 Å². The van der Waals surface area contributed by atoms with E-state index in [2.05, 4.69) is 4.98 Å². The first kappa shape index (κ1) is 15.9. The Hall–Kier alpha value is -0.580. The van der Waals surface area contributed by atoms with Crippen LogP contribution >= 0.6 is 24.0 Å². The minimum atomic E-state index is 0. The summed E-state index contributed by atoms with van der Waals surface area (Å²) in [5, 5.41) is 0. The summed E-state index contributed by atoms with van der Waals surface area (Å²) in [6.45, 7) is 5.99. The van der Waals surface area contributed by atoms with E-state index in [0.29, 0.717) is 0 Å². The topological polar surface area (TPSA) is 17.8 Å². The zero-order chi connectivity index (χ0) is 10.1. The van der Waals surface area contributed by atoms with Crippen LogP contribution in [0.15, 0.2) is 30.6 Å². The van der Waals surface area contributed by atoms with Crippen molar-refractivity contribution in [1.29, 1.82) is 0 Å². The fourth-order valence-electron chi connectivity index (χ4n) is 0.790. The fraction of sp³-hybridized carbons (Fsp3) is 0.364. The van der Waals surface area contributed by atoms with Gasteiger partial charge in [0.25, 0.3) is 0 Å². The van der Waals surface area contributed by atoms with E-state index in [4.69, 9.17) is 0 Å². The molecule has 0 radical (unpaired) electrons. The van der Waals surface area contributed by atoms with Crippen molar-refractivity contribution in [2.75, 3.05) is 0 Å². The van der Waals surface area contributed by atoms with Crippen LogP contribution in [0, 0.1) is 0 Å². The summed E-state index contributed by atoms with van der Waals surface area (Å²) in [7, 11) is 1.97. The molecule has 1 rings (SSSR count). The van der Waals surface area contributed by atoms with E-state index in [1.165, 1.54) is 0 Å². The Morgan fingerprint density at radius 3 is 2.36 bits per heavy atom. The Morgan fingerprint density at radius 2 is 1.93 bits per heavy atom. The second-order valence-electron chi connectivity index (χ2n) is 2.28. The molecule has 0 bridgehead atoms. The lowest BCUT2D eigenvalue weighted by Gasteiger charge is -1.90. The number of nitrogens with zero attached hydrogens (tertiary/aromatic N) is 2. The molecule has 0 unspecified atom stereocenters. The molecule has 0 N–H and O–H groups in total. The zero-order valence-corrected chi connectivity index (χ0v) is 11.6. The van der Waals surface area contributed by atoms with Gasteiger partial charge in [-0.3, -0.25) is 0 Å². The summed E-state index contributed by atoms with van der Waals surface area (Å²) in [5.41, 5.74) is 0. The van der Waals surface area contributed by atoms with Gasteiger partial charge in [-0.2, -0.15) is 0 Å². The van der Waals surface area contributed by atoms with Crippen molar-refractivity contribution in [3.8, 4) is 0 Å². The quantitative estimate of drug-likeness (QED) is 0.602. The molecule has 0 atom stereocenters. The summed E-state index contributed by atoms with van der Waals surface area (Å²) >= 11 is 0. The van der Waals surface area contributed by atoms with Gasteiger partial charge >= 0.3 is 0 Å². The molecule has 0 saturated carbocycles. The number of aryl methyl sites for hydroxylation is 1. The van der Waals surface area contributed by atoms with Crippen LogP contribution in [0.1, 0.15) is 26.6 Å². The number of hydrogen-bond donors (Lipinski definition) is 0. The van der Waals surface area contributed by atoms with Gasteiger partial charge < -0.3 is 4.57 Å². The van der Waals surface area contributed by atoms with Crippen molar-refractivity contribution < 1.29 is 0 Å². The molecule has 0 aromatic carbocycles. The van der Waals surface area contributed by atoms with E-state index in [1.807, 2.05) is 62.9 Å². The van der Waals surface area contributed by atoms with Gasteiger partial charge in [-0.05, 0) is 13.0 Å². The third kappa shape index (κ3) is 5.96. The van der Waals surface area contributed by atoms with Gasteiger partial charge in [0, 0.05) is 19.4 Å². The summed E-state index contributed by atoms with van der Waals surface area (Å²) in [6.07, 6.45) is 11.6. The molecular weight excluding hydrogens is 287 g/mol. The lowest BCUT2D eigenvalue weighted by molar-refractivity contribution is 0.897. The van der Waals surface area contributed by atoms with Gasteiger partial charge in [0.1, 0.15) is 5.82 Å². The van der Waals surface area contributed by atoms with E-state index in [0.717, 1.165) is 5.82 Å². The zero-order valence-electron chi connectivity index (χ0n) is 9.27. The lowest BCUT2D eigenvalue weighted by atomic mass is 10.4. The third-order valence-electron chi connectivity index (χ3n) is 1.41. The largest absolute Gasteiger partial charge is 0.335 e. The minimum Gasteiger partial charge on any atom is -0.335 e. The molecule has 0 amide bonds. The lowest BCUT2D eigenvalue weighted by Crippen LogP contribution is -1.88. The van der Waals surface area contributed by atoms with Gasteiger partial charge in [0.2, 0.25) is 0 Å². The number of rotatable bonds is 2. The summed E-state index contributed by atoms with van der Waals surface area (Å²) in [5.74, 6) is 0.975. The second kappa shape index (κ2) is 10.5. The first-order valence-corrected chi connectivity index (χ1v) is 4.61. The molecule has 1 aromatic rings. The Balaban J connectivity index is 0. The molecule has 0 saturated heterocycles. The van der Waals surface area contributed by atoms with Crippen molar-refractivity contribution in [3.63, 3.8) is 0 Å². The molecule has 1 aromatic heterocycles.